The van der Waals surface area contributed by atoms with Crippen LogP contribution in [-0.2, 0) is 9.53 Å². The zero-order valence-electron chi connectivity index (χ0n) is 16.8. The van der Waals surface area contributed by atoms with Gasteiger partial charge >= 0.3 is 6.61 Å². The Labute approximate surface area is 182 Å². The van der Waals surface area contributed by atoms with Crippen LogP contribution in [-0.4, -0.2) is 45.8 Å². The Hall–Kier alpha value is -3.17. The van der Waals surface area contributed by atoms with E-state index in [1.54, 1.807) is 6.07 Å². The second-order valence-electron chi connectivity index (χ2n) is 6.05. The molecular weight excluding hydrogens is 434 g/mol. The van der Waals surface area contributed by atoms with Crippen molar-refractivity contribution in [3.8, 4) is 11.5 Å². The first kappa shape index (κ1) is 24.1. The molecule has 31 heavy (non-hydrogen) atoms. The lowest BCUT2D eigenvalue weighted by Crippen LogP contribution is -2.27. The predicted molar refractivity (Wildman–Crippen MR) is 113 cm³/mol. The minimum Gasteiger partial charge on any atom is -0.493 e. The van der Waals surface area contributed by atoms with E-state index < -0.39 is 12.5 Å². The summed E-state index contributed by atoms with van der Waals surface area (Å²) in [6.07, 6.45) is 2.73. The Kier molecular flexibility index (Phi) is 9.23. The molecule has 2 N–H and O–H groups in total. The number of hydrogen-bond donors (Lipinski definition) is 2. The van der Waals surface area contributed by atoms with E-state index in [-0.39, 0.29) is 28.0 Å². The van der Waals surface area contributed by atoms with E-state index >= 15 is 0 Å². The van der Waals surface area contributed by atoms with Gasteiger partial charge in [-0.05, 0) is 42.0 Å². The van der Waals surface area contributed by atoms with E-state index in [1.807, 2.05) is 0 Å². The molecule has 10 heteroatoms. The second kappa shape index (κ2) is 11.9. The van der Waals surface area contributed by atoms with Crippen molar-refractivity contribution in [3.63, 3.8) is 0 Å². The van der Waals surface area contributed by atoms with Crippen molar-refractivity contribution in [2.45, 2.75) is 6.61 Å². The molecule has 0 aliphatic heterocycles. The number of ether oxygens (including phenoxy) is 3. The lowest BCUT2D eigenvalue weighted by atomic mass is 10.1. The number of nitrogens with one attached hydrogen (secondary N) is 2. The Balaban J connectivity index is 2.01. The van der Waals surface area contributed by atoms with Crippen LogP contribution in [0.3, 0.4) is 0 Å². The number of anilines is 1. The highest BCUT2D eigenvalue weighted by atomic mass is 35.5. The summed E-state index contributed by atoms with van der Waals surface area (Å²) >= 11 is 6.14. The van der Waals surface area contributed by atoms with Crippen LogP contribution >= 0.6 is 11.6 Å². The van der Waals surface area contributed by atoms with Crippen LogP contribution in [0.1, 0.15) is 15.9 Å². The van der Waals surface area contributed by atoms with E-state index in [4.69, 9.17) is 21.1 Å². The molecule has 0 heterocycles. The van der Waals surface area contributed by atoms with Gasteiger partial charge in [0.05, 0.1) is 24.3 Å². The third kappa shape index (κ3) is 7.54. The number of halogens is 3. The molecular formula is C21H21ClF2N2O5. The summed E-state index contributed by atoms with van der Waals surface area (Å²) in [6, 6.07) is 8.77. The summed E-state index contributed by atoms with van der Waals surface area (Å²) in [5, 5.41) is 5.45. The van der Waals surface area contributed by atoms with Gasteiger partial charge in [-0.15, -0.1) is 0 Å². The minimum absolute atomic E-state index is 0.106. The van der Waals surface area contributed by atoms with Crippen LogP contribution in [0.15, 0.2) is 42.5 Å². The topological polar surface area (TPSA) is 85.9 Å². The summed E-state index contributed by atoms with van der Waals surface area (Å²) in [5.74, 6) is -0.817. The number of carbonyl (C=O) groups is 2. The number of rotatable bonds is 10. The monoisotopic (exact) mass is 454 g/mol. The van der Waals surface area contributed by atoms with Gasteiger partial charge in [0.15, 0.2) is 11.5 Å². The fourth-order valence-electron chi connectivity index (χ4n) is 2.48. The number of alkyl halides is 2. The third-order valence-electron chi connectivity index (χ3n) is 3.90. The molecule has 0 saturated heterocycles. The van der Waals surface area contributed by atoms with Crippen molar-refractivity contribution in [1.29, 1.82) is 0 Å². The Morgan fingerprint density at radius 2 is 1.90 bits per heavy atom. The largest absolute Gasteiger partial charge is 0.493 e. The molecule has 0 atom stereocenters. The van der Waals surface area contributed by atoms with Gasteiger partial charge in [-0.2, -0.15) is 8.78 Å². The number of methoxy groups -OCH3 is 2. The molecule has 0 aromatic heterocycles. The van der Waals surface area contributed by atoms with Crippen LogP contribution in [0.4, 0.5) is 14.5 Å². The van der Waals surface area contributed by atoms with E-state index in [9.17, 15) is 18.4 Å². The number of hydrogen-bond acceptors (Lipinski definition) is 5. The summed E-state index contributed by atoms with van der Waals surface area (Å²) in [6.45, 7) is -2.26. The van der Waals surface area contributed by atoms with Crippen molar-refractivity contribution < 1.29 is 32.6 Å². The fourth-order valence-corrected chi connectivity index (χ4v) is 2.74. The van der Waals surface area contributed by atoms with Crippen LogP contribution in [0.5, 0.6) is 11.5 Å². The molecule has 0 fully saturated rings. The van der Waals surface area contributed by atoms with Gasteiger partial charge < -0.3 is 24.8 Å². The first-order chi connectivity index (χ1) is 14.8. The molecule has 0 radical (unpaired) electrons. The third-order valence-corrected chi connectivity index (χ3v) is 4.22. The summed E-state index contributed by atoms with van der Waals surface area (Å²) in [7, 11) is 2.84. The van der Waals surface area contributed by atoms with Gasteiger partial charge in [0.2, 0.25) is 5.91 Å². The maximum atomic E-state index is 12.4. The number of benzene rings is 2. The highest BCUT2D eigenvalue weighted by Gasteiger charge is 2.12. The normalized spacial score (nSPS) is 10.9. The van der Waals surface area contributed by atoms with Gasteiger partial charge in [-0.3, -0.25) is 9.59 Å². The van der Waals surface area contributed by atoms with E-state index in [0.717, 1.165) is 0 Å². The fraction of sp³-hybridized carbons (Fsp3) is 0.238. The van der Waals surface area contributed by atoms with Crippen LogP contribution in [0, 0.1) is 0 Å². The molecule has 2 aromatic rings. The number of amides is 2. The minimum atomic E-state index is -2.98. The average Bonchev–Trinajstić information content (AvgIpc) is 2.72. The Bertz CT molecular complexity index is 953. The molecule has 7 nitrogen and oxygen atoms in total. The molecule has 0 aliphatic rings. The zero-order chi connectivity index (χ0) is 22.8. The van der Waals surface area contributed by atoms with Crippen molar-refractivity contribution >= 4 is 35.2 Å². The first-order valence-corrected chi connectivity index (χ1v) is 9.40. The van der Waals surface area contributed by atoms with Crippen LogP contribution in [0.25, 0.3) is 6.08 Å². The quantitative estimate of drug-likeness (QED) is 0.419. The summed E-state index contributed by atoms with van der Waals surface area (Å²) in [5.41, 5.74) is 1.20. The molecule has 2 rings (SSSR count). The van der Waals surface area contributed by atoms with Gasteiger partial charge in [-0.25, -0.2) is 0 Å². The van der Waals surface area contributed by atoms with Gasteiger partial charge in [-0.1, -0.05) is 17.7 Å². The van der Waals surface area contributed by atoms with Crippen LogP contribution in [0.2, 0.25) is 5.02 Å². The van der Waals surface area contributed by atoms with Gasteiger partial charge in [0.25, 0.3) is 5.91 Å². The maximum absolute atomic E-state index is 12.4. The van der Waals surface area contributed by atoms with Crippen LogP contribution < -0.4 is 20.1 Å². The summed E-state index contributed by atoms with van der Waals surface area (Å²) < 4.78 is 39.0. The lowest BCUT2D eigenvalue weighted by molar-refractivity contribution is -0.111. The van der Waals surface area contributed by atoms with Gasteiger partial charge in [0, 0.05) is 25.4 Å². The van der Waals surface area contributed by atoms with Crippen molar-refractivity contribution in [2.24, 2.45) is 0 Å². The Morgan fingerprint density at radius 3 is 2.55 bits per heavy atom. The average molecular weight is 455 g/mol. The van der Waals surface area contributed by atoms with Crippen molar-refractivity contribution in [1.82, 2.24) is 5.32 Å². The van der Waals surface area contributed by atoms with Gasteiger partial charge in [0.1, 0.15) is 0 Å². The SMILES string of the molecule is COCCNC(=O)c1ccc(NC(=O)/C=C/c2ccc(OC(F)F)c(OC)c2)cc1Cl. The molecule has 0 saturated carbocycles. The lowest BCUT2D eigenvalue weighted by Gasteiger charge is -2.10. The predicted octanol–water partition coefficient (Wildman–Crippen LogP) is 3.98. The van der Waals surface area contributed by atoms with E-state index in [0.29, 0.717) is 24.4 Å². The number of carbonyl (C=O) groups excluding carboxylic acids is 2. The Morgan fingerprint density at radius 1 is 1.13 bits per heavy atom. The molecule has 0 bridgehead atoms. The standard InChI is InChI=1S/C21H21ClF2N2O5/c1-29-10-9-25-20(28)15-6-5-14(12-16(15)22)26-19(27)8-4-13-3-7-17(31-21(23)24)18(11-13)30-2/h3-8,11-12,21H,9-10H2,1-2H3,(H,25,28)(H,26,27)/b8-4+. The second-order valence-corrected chi connectivity index (χ2v) is 6.46. The summed E-state index contributed by atoms with van der Waals surface area (Å²) in [4.78, 5) is 24.2. The first-order valence-electron chi connectivity index (χ1n) is 9.02. The molecule has 0 unspecified atom stereocenters. The highest BCUT2D eigenvalue weighted by molar-refractivity contribution is 6.34. The molecule has 2 amide bonds. The van der Waals surface area contributed by atoms with Crippen molar-refractivity contribution in [3.05, 3.63) is 58.6 Å². The smallest absolute Gasteiger partial charge is 0.387 e. The molecule has 166 valence electrons. The zero-order valence-corrected chi connectivity index (χ0v) is 17.5. The highest BCUT2D eigenvalue weighted by Crippen LogP contribution is 2.30. The molecule has 2 aromatic carbocycles. The molecule has 0 spiro atoms. The maximum Gasteiger partial charge on any atom is 0.387 e. The van der Waals surface area contributed by atoms with Crippen molar-refractivity contribution in [2.75, 3.05) is 32.7 Å². The molecule has 0 aliphatic carbocycles. The van der Waals surface area contributed by atoms with E-state index in [1.165, 1.54) is 56.7 Å². The van der Waals surface area contributed by atoms with E-state index in [2.05, 4.69) is 15.4 Å².